The van der Waals surface area contributed by atoms with E-state index in [0.717, 1.165) is 0 Å². The number of carbonyl (C=O) groups is 1. The molecule has 1 saturated carbocycles. The zero-order valence-electron chi connectivity index (χ0n) is 14.1. The van der Waals surface area contributed by atoms with Crippen LogP contribution in [0, 0.1) is 5.92 Å². The summed E-state index contributed by atoms with van der Waals surface area (Å²) >= 11 is 0. The van der Waals surface area contributed by atoms with Crippen LogP contribution in [-0.2, 0) is 11.2 Å². The number of para-hydroxylation sites is 1. The minimum Gasteiger partial charge on any atom is -0.353 e. The second kappa shape index (κ2) is 7.47. The number of aryl methyl sites for hydroxylation is 1. The van der Waals surface area contributed by atoms with Gasteiger partial charge in [-0.1, -0.05) is 18.6 Å². The Bertz CT molecular complexity index is 847. The number of halogens is 3. The van der Waals surface area contributed by atoms with Crippen LogP contribution in [0.5, 0.6) is 0 Å². The topological polar surface area (TPSA) is 74.8 Å². The van der Waals surface area contributed by atoms with Gasteiger partial charge in [-0.15, -0.1) is 0 Å². The van der Waals surface area contributed by atoms with E-state index in [0.29, 0.717) is 29.6 Å². The maximum atomic E-state index is 12.8. The molecular formula is C18H20F3N3O2. The van der Waals surface area contributed by atoms with Crippen LogP contribution in [0.2, 0.25) is 0 Å². The first-order chi connectivity index (χ1) is 12.3. The normalized spacial score (nSPS) is 20.9. The number of hydrogen-bond donors (Lipinski definition) is 2. The van der Waals surface area contributed by atoms with E-state index in [4.69, 9.17) is 0 Å². The number of aromatic nitrogens is 2. The van der Waals surface area contributed by atoms with Crippen molar-refractivity contribution in [2.45, 2.75) is 50.7 Å². The highest BCUT2D eigenvalue weighted by atomic mass is 19.4. The van der Waals surface area contributed by atoms with Crippen LogP contribution >= 0.6 is 0 Å². The number of alkyl halides is 3. The number of carbonyl (C=O) groups excluding carboxylic acids is 1. The molecule has 1 aromatic carbocycles. The van der Waals surface area contributed by atoms with Crippen molar-refractivity contribution >= 4 is 16.8 Å². The fourth-order valence-corrected chi connectivity index (χ4v) is 3.40. The molecule has 26 heavy (non-hydrogen) atoms. The van der Waals surface area contributed by atoms with Crippen molar-refractivity contribution in [2.75, 3.05) is 0 Å². The van der Waals surface area contributed by atoms with E-state index in [-0.39, 0.29) is 37.1 Å². The molecule has 5 nitrogen and oxygen atoms in total. The molecular weight excluding hydrogens is 347 g/mol. The average Bonchev–Trinajstić information content (AvgIpc) is 2.59. The van der Waals surface area contributed by atoms with Crippen LogP contribution in [0.25, 0.3) is 10.9 Å². The molecule has 0 aliphatic heterocycles. The number of H-pyrrole nitrogens is 1. The Morgan fingerprint density at radius 1 is 1.27 bits per heavy atom. The van der Waals surface area contributed by atoms with Crippen LogP contribution in [0.4, 0.5) is 13.2 Å². The first kappa shape index (κ1) is 18.4. The first-order valence-electron chi connectivity index (χ1n) is 8.67. The second-order valence-corrected chi connectivity index (χ2v) is 6.70. The van der Waals surface area contributed by atoms with Crippen LogP contribution in [0.15, 0.2) is 29.1 Å². The van der Waals surface area contributed by atoms with Crippen LogP contribution in [0.1, 0.15) is 37.9 Å². The number of hydrogen-bond acceptors (Lipinski definition) is 3. The largest absolute Gasteiger partial charge is 0.391 e. The molecule has 2 aromatic rings. The molecule has 2 N–H and O–H groups in total. The second-order valence-electron chi connectivity index (χ2n) is 6.70. The summed E-state index contributed by atoms with van der Waals surface area (Å²) in [6.07, 6.45) is -2.86. The SMILES string of the molecule is O=C(CCc1nc2ccccc2c(=O)[nH]1)NC1CCCC(C(F)(F)F)C1. The molecule has 140 valence electrons. The van der Waals surface area contributed by atoms with Gasteiger partial charge in [0.25, 0.3) is 5.56 Å². The number of benzene rings is 1. The molecule has 0 spiro atoms. The molecule has 8 heteroatoms. The molecule has 1 aromatic heterocycles. The lowest BCUT2D eigenvalue weighted by atomic mass is 9.85. The van der Waals surface area contributed by atoms with Crippen molar-refractivity contribution in [3.63, 3.8) is 0 Å². The van der Waals surface area contributed by atoms with Crippen molar-refractivity contribution in [1.82, 2.24) is 15.3 Å². The molecule has 2 atom stereocenters. The van der Waals surface area contributed by atoms with Gasteiger partial charge in [0.15, 0.2) is 0 Å². The maximum absolute atomic E-state index is 12.8. The predicted molar refractivity (Wildman–Crippen MR) is 90.6 cm³/mol. The molecule has 1 aliphatic carbocycles. The average molecular weight is 367 g/mol. The molecule has 2 unspecified atom stereocenters. The van der Waals surface area contributed by atoms with E-state index in [1.54, 1.807) is 24.3 Å². The van der Waals surface area contributed by atoms with E-state index in [9.17, 15) is 22.8 Å². The van der Waals surface area contributed by atoms with E-state index in [1.165, 1.54) is 0 Å². The summed E-state index contributed by atoms with van der Waals surface area (Å²) in [6, 6.07) is 6.44. The van der Waals surface area contributed by atoms with Gasteiger partial charge in [-0.25, -0.2) is 4.98 Å². The fraction of sp³-hybridized carbons (Fsp3) is 0.500. The van der Waals surface area contributed by atoms with Gasteiger partial charge in [-0.3, -0.25) is 9.59 Å². The van der Waals surface area contributed by atoms with Gasteiger partial charge in [-0.05, 0) is 31.4 Å². The van der Waals surface area contributed by atoms with Crippen molar-refractivity contribution in [2.24, 2.45) is 5.92 Å². The summed E-state index contributed by atoms with van der Waals surface area (Å²) in [4.78, 5) is 31.0. The highest BCUT2D eigenvalue weighted by Gasteiger charge is 2.42. The highest BCUT2D eigenvalue weighted by Crippen LogP contribution is 2.37. The van der Waals surface area contributed by atoms with Crippen LogP contribution in [-0.4, -0.2) is 28.1 Å². The summed E-state index contributed by atoms with van der Waals surface area (Å²) in [6.45, 7) is 0. The minimum atomic E-state index is -4.21. The van der Waals surface area contributed by atoms with Gasteiger partial charge in [0.05, 0.1) is 16.8 Å². The summed E-state index contributed by atoms with van der Waals surface area (Å²) in [7, 11) is 0. The molecule has 1 aliphatic rings. The first-order valence-corrected chi connectivity index (χ1v) is 8.67. The summed E-state index contributed by atoms with van der Waals surface area (Å²) in [5.41, 5.74) is 0.276. The van der Waals surface area contributed by atoms with Crippen LogP contribution in [0.3, 0.4) is 0 Å². The summed E-state index contributed by atoms with van der Waals surface area (Å²) in [5, 5.41) is 3.16. The van der Waals surface area contributed by atoms with Crippen molar-refractivity contribution in [3.05, 3.63) is 40.4 Å². The lowest BCUT2D eigenvalue weighted by molar-refractivity contribution is -0.184. The van der Waals surface area contributed by atoms with Gasteiger partial charge in [0, 0.05) is 18.9 Å². The number of amides is 1. The van der Waals surface area contributed by atoms with Gasteiger partial charge >= 0.3 is 6.18 Å². The molecule has 0 radical (unpaired) electrons. The summed E-state index contributed by atoms with van der Waals surface area (Å²) in [5.74, 6) is -1.28. The standard InChI is InChI=1S/C18H20F3N3O2/c19-18(20,21)11-4-3-5-12(10-11)22-16(25)9-8-15-23-14-7-2-1-6-13(14)17(26)24-15/h1-2,6-7,11-12H,3-5,8-10H2,(H,22,25)(H,23,24,26). The number of nitrogens with zero attached hydrogens (tertiary/aromatic N) is 1. The maximum Gasteiger partial charge on any atom is 0.391 e. The predicted octanol–water partition coefficient (Wildman–Crippen LogP) is 3.09. The van der Waals surface area contributed by atoms with Gasteiger partial charge in [0.1, 0.15) is 5.82 Å². The zero-order chi connectivity index (χ0) is 18.7. The minimum absolute atomic E-state index is 0.0640. The highest BCUT2D eigenvalue weighted by molar-refractivity contribution is 5.78. The monoisotopic (exact) mass is 367 g/mol. The van der Waals surface area contributed by atoms with Crippen molar-refractivity contribution in [3.8, 4) is 0 Å². The Morgan fingerprint density at radius 3 is 2.81 bits per heavy atom. The zero-order valence-corrected chi connectivity index (χ0v) is 14.1. The number of rotatable bonds is 4. The Hall–Kier alpha value is -2.38. The number of aromatic amines is 1. The quantitative estimate of drug-likeness (QED) is 0.872. The summed E-state index contributed by atoms with van der Waals surface area (Å²) < 4.78 is 38.5. The van der Waals surface area contributed by atoms with Crippen molar-refractivity contribution in [1.29, 1.82) is 0 Å². The molecule has 1 fully saturated rings. The Balaban J connectivity index is 1.57. The fourth-order valence-electron chi connectivity index (χ4n) is 3.40. The lowest BCUT2D eigenvalue weighted by Crippen LogP contribution is -2.41. The molecule has 0 bridgehead atoms. The Labute approximate surface area is 148 Å². The third-order valence-corrected chi connectivity index (χ3v) is 4.75. The van der Waals surface area contributed by atoms with Gasteiger partial charge in [0.2, 0.25) is 5.91 Å². The Kier molecular flexibility index (Phi) is 5.29. The smallest absolute Gasteiger partial charge is 0.353 e. The van der Waals surface area contributed by atoms with Gasteiger partial charge < -0.3 is 10.3 Å². The van der Waals surface area contributed by atoms with Crippen LogP contribution < -0.4 is 10.9 Å². The molecule has 1 amide bonds. The number of nitrogens with one attached hydrogen (secondary N) is 2. The Morgan fingerprint density at radius 2 is 2.04 bits per heavy atom. The third-order valence-electron chi connectivity index (χ3n) is 4.75. The number of fused-ring (bicyclic) bond motifs is 1. The van der Waals surface area contributed by atoms with Gasteiger partial charge in [-0.2, -0.15) is 13.2 Å². The molecule has 3 rings (SSSR count). The van der Waals surface area contributed by atoms with E-state index < -0.39 is 18.1 Å². The third kappa shape index (κ3) is 4.42. The molecule has 1 heterocycles. The molecule has 0 saturated heterocycles. The van der Waals surface area contributed by atoms with Crippen molar-refractivity contribution < 1.29 is 18.0 Å². The van der Waals surface area contributed by atoms with E-state index in [2.05, 4.69) is 15.3 Å². The van der Waals surface area contributed by atoms with E-state index >= 15 is 0 Å². The lowest BCUT2D eigenvalue weighted by Gasteiger charge is -2.31. The van der Waals surface area contributed by atoms with E-state index in [1.807, 2.05) is 0 Å².